The van der Waals surface area contributed by atoms with Gasteiger partial charge in [0.15, 0.2) is 0 Å². The highest BCUT2D eigenvalue weighted by Crippen LogP contribution is 2.39. The Kier molecular flexibility index (Phi) is 3.20. The SMILES string of the molecule is C[C@@H]1CN(C(=O)c2ccc(C3CC3)cn2)C[C@H]1C(=O)O. The normalized spacial score (nSPS) is 25.8. The molecule has 1 saturated carbocycles. The highest BCUT2D eigenvalue weighted by Gasteiger charge is 2.37. The molecule has 20 heavy (non-hydrogen) atoms. The highest BCUT2D eigenvalue weighted by molar-refractivity contribution is 5.93. The molecule has 5 heteroatoms. The molecule has 0 unspecified atom stereocenters. The van der Waals surface area contributed by atoms with Gasteiger partial charge in [-0.2, -0.15) is 0 Å². The van der Waals surface area contributed by atoms with Crippen molar-refractivity contribution in [2.75, 3.05) is 13.1 Å². The number of carbonyl (C=O) groups is 2. The molecule has 1 aromatic heterocycles. The van der Waals surface area contributed by atoms with Crippen molar-refractivity contribution < 1.29 is 14.7 Å². The molecule has 2 heterocycles. The quantitative estimate of drug-likeness (QED) is 0.911. The van der Waals surface area contributed by atoms with Gasteiger partial charge in [-0.15, -0.1) is 0 Å². The summed E-state index contributed by atoms with van der Waals surface area (Å²) in [4.78, 5) is 29.3. The molecular weight excluding hydrogens is 256 g/mol. The van der Waals surface area contributed by atoms with E-state index < -0.39 is 11.9 Å². The van der Waals surface area contributed by atoms with E-state index >= 15 is 0 Å². The first-order valence-electron chi connectivity index (χ1n) is 7.04. The number of aliphatic carboxylic acids is 1. The summed E-state index contributed by atoms with van der Waals surface area (Å²) in [6.07, 6.45) is 4.19. The van der Waals surface area contributed by atoms with Crippen LogP contribution in [0.25, 0.3) is 0 Å². The van der Waals surface area contributed by atoms with E-state index in [0.29, 0.717) is 18.2 Å². The van der Waals surface area contributed by atoms with Gasteiger partial charge < -0.3 is 10.0 Å². The Morgan fingerprint density at radius 3 is 2.55 bits per heavy atom. The topological polar surface area (TPSA) is 70.5 Å². The molecule has 1 amide bonds. The number of likely N-dealkylation sites (tertiary alicyclic amines) is 1. The fourth-order valence-corrected chi connectivity index (χ4v) is 2.81. The van der Waals surface area contributed by atoms with Gasteiger partial charge in [0, 0.05) is 19.3 Å². The minimum absolute atomic E-state index is 0.0119. The molecule has 1 N–H and O–H groups in total. The third-order valence-corrected chi connectivity index (χ3v) is 4.27. The Bertz CT molecular complexity index is 537. The second-order valence-electron chi connectivity index (χ2n) is 5.88. The fourth-order valence-electron chi connectivity index (χ4n) is 2.81. The maximum atomic E-state index is 12.3. The predicted octanol–water partition coefficient (Wildman–Crippen LogP) is 1.75. The van der Waals surface area contributed by atoms with E-state index in [4.69, 9.17) is 5.11 Å². The van der Waals surface area contributed by atoms with Crippen LogP contribution in [0.3, 0.4) is 0 Å². The van der Waals surface area contributed by atoms with Crippen molar-refractivity contribution in [1.29, 1.82) is 0 Å². The van der Waals surface area contributed by atoms with Crippen LogP contribution in [-0.4, -0.2) is 40.0 Å². The number of aromatic nitrogens is 1. The molecule has 5 nitrogen and oxygen atoms in total. The zero-order valence-corrected chi connectivity index (χ0v) is 11.5. The Labute approximate surface area is 117 Å². The minimum atomic E-state index is -0.829. The molecular formula is C15H18N2O3. The van der Waals surface area contributed by atoms with E-state index in [1.807, 2.05) is 13.0 Å². The largest absolute Gasteiger partial charge is 0.481 e. The van der Waals surface area contributed by atoms with Crippen LogP contribution in [0, 0.1) is 11.8 Å². The Morgan fingerprint density at radius 1 is 1.30 bits per heavy atom. The summed E-state index contributed by atoms with van der Waals surface area (Å²) in [7, 11) is 0. The number of carboxylic acids is 1. The van der Waals surface area contributed by atoms with Gasteiger partial charge >= 0.3 is 5.97 Å². The number of carbonyl (C=O) groups excluding carboxylic acids is 1. The zero-order chi connectivity index (χ0) is 14.3. The Balaban J connectivity index is 1.71. The lowest BCUT2D eigenvalue weighted by Gasteiger charge is -2.15. The number of carboxylic acid groups (broad SMARTS) is 1. The number of pyridine rings is 1. The first kappa shape index (κ1) is 13.1. The summed E-state index contributed by atoms with van der Waals surface area (Å²) in [6.45, 7) is 2.64. The first-order valence-corrected chi connectivity index (χ1v) is 7.04. The lowest BCUT2D eigenvalue weighted by atomic mass is 9.99. The summed E-state index contributed by atoms with van der Waals surface area (Å²) in [5.74, 6) is -0.852. The van der Waals surface area contributed by atoms with Gasteiger partial charge in [-0.05, 0) is 36.3 Å². The van der Waals surface area contributed by atoms with Gasteiger partial charge in [0.25, 0.3) is 5.91 Å². The van der Waals surface area contributed by atoms with Crippen LogP contribution in [0.4, 0.5) is 0 Å². The number of nitrogens with zero attached hydrogens (tertiary/aromatic N) is 2. The second kappa shape index (κ2) is 4.89. The molecule has 106 valence electrons. The monoisotopic (exact) mass is 274 g/mol. The van der Waals surface area contributed by atoms with E-state index in [9.17, 15) is 9.59 Å². The zero-order valence-electron chi connectivity index (χ0n) is 11.5. The summed E-state index contributed by atoms with van der Waals surface area (Å²) in [5, 5.41) is 9.10. The predicted molar refractivity (Wildman–Crippen MR) is 72.4 cm³/mol. The summed E-state index contributed by atoms with van der Waals surface area (Å²) in [5.41, 5.74) is 1.60. The smallest absolute Gasteiger partial charge is 0.308 e. The molecule has 2 fully saturated rings. The third kappa shape index (κ3) is 2.40. The molecule has 1 aromatic rings. The maximum Gasteiger partial charge on any atom is 0.308 e. The van der Waals surface area contributed by atoms with Crippen LogP contribution in [0.15, 0.2) is 18.3 Å². The van der Waals surface area contributed by atoms with Gasteiger partial charge in [0.2, 0.25) is 0 Å². The van der Waals surface area contributed by atoms with E-state index in [2.05, 4.69) is 4.98 Å². The molecule has 0 spiro atoms. The van der Waals surface area contributed by atoms with Crippen LogP contribution >= 0.6 is 0 Å². The van der Waals surface area contributed by atoms with Crippen molar-refractivity contribution in [1.82, 2.24) is 9.88 Å². The molecule has 0 radical (unpaired) electrons. The molecule has 0 bridgehead atoms. The van der Waals surface area contributed by atoms with Crippen LogP contribution in [-0.2, 0) is 4.79 Å². The average molecular weight is 274 g/mol. The van der Waals surface area contributed by atoms with Crippen molar-refractivity contribution in [3.8, 4) is 0 Å². The van der Waals surface area contributed by atoms with Crippen molar-refractivity contribution in [2.24, 2.45) is 11.8 Å². The van der Waals surface area contributed by atoms with Gasteiger partial charge in [0.05, 0.1) is 5.92 Å². The average Bonchev–Trinajstić information content (AvgIpc) is 3.20. The molecule has 1 saturated heterocycles. The van der Waals surface area contributed by atoms with Crippen LogP contribution in [0.2, 0.25) is 0 Å². The van der Waals surface area contributed by atoms with Crippen molar-refractivity contribution in [3.63, 3.8) is 0 Å². The summed E-state index contributed by atoms with van der Waals surface area (Å²) in [6, 6.07) is 3.72. The molecule has 2 atom stereocenters. The van der Waals surface area contributed by atoms with Gasteiger partial charge in [-0.1, -0.05) is 13.0 Å². The van der Waals surface area contributed by atoms with Crippen LogP contribution in [0.5, 0.6) is 0 Å². The van der Waals surface area contributed by atoms with E-state index in [1.54, 1.807) is 17.2 Å². The molecule has 1 aliphatic heterocycles. The Hall–Kier alpha value is -1.91. The molecule has 0 aromatic carbocycles. The van der Waals surface area contributed by atoms with Crippen LogP contribution < -0.4 is 0 Å². The maximum absolute atomic E-state index is 12.3. The lowest BCUT2D eigenvalue weighted by Crippen LogP contribution is -2.30. The molecule has 3 rings (SSSR count). The number of hydrogen-bond donors (Lipinski definition) is 1. The lowest BCUT2D eigenvalue weighted by molar-refractivity contribution is -0.142. The summed E-state index contributed by atoms with van der Waals surface area (Å²) < 4.78 is 0. The van der Waals surface area contributed by atoms with Crippen molar-refractivity contribution in [3.05, 3.63) is 29.6 Å². The first-order chi connectivity index (χ1) is 9.56. The number of rotatable bonds is 3. The highest BCUT2D eigenvalue weighted by atomic mass is 16.4. The van der Waals surface area contributed by atoms with Gasteiger partial charge in [-0.3, -0.25) is 14.6 Å². The number of hydrogen-bond acceptors (Lipinski definition) is 3. The van der Waals surface area contributed by atoms with Crippen LogP contribution in [0.1, 0.15) is 41.7 Å². The fraction of sp³-hybridized carbons (Fsp3) is 0.533. The van der Waals surface area contributed by atoms with E-state index in [-0.39, 0.29) is 18.4 Å². The summed E-state index contributed by atoms with van der Waals surface area (Å²) >= 11 is 0. The van der Waals surface area contributed by atoms with E-state index in [0.717, 1.165) is 0 Å². The van der Waals surface area contributed by atoms with Crippen molar-refractivity contribution in [2.45, 2.75) is 25.7 Å². The molecule has 2 aliphatic rings. The molecule has 1 aliphatic carbocycles. The van der Waals surface area contributed by atoms with Gasteiger partial charge in [0.1, 0.15) is 5.69 Å². The second-order valence-corrected chi connectivity index (χ2v) is 5.88. The van der Waals surface area contributed by atoms with E-state index in [1.165, 1.54) is 18.4 Å². The number of amides is 1. The standard InChI is InChI=1S/C15H18N2O3/c1-9-7-17(8-12(9)15(19)20)14(18)13-5-4-11(6-16-13)10-2-3-10/h4-6,9-10,12H,2-3,7-8H2,1H3,(H,19,20)/t9-,12-/m1/s1. The van der Waals surface area contributed by atoms with Crippen molar-refractivity contribution >= 4 is 11.9 Å². The third-order valence-electron chi connectivity index (χ3n) is 4.27. The van der Waals surface area contributed by atoms with Gasteiger partial charge in [-0.25, -0.2) is 0 Å². The minimum Gasteiger partial charge on any atom is -0.481 e. The Morgan fingerprint density at radius 2 is 2.05 bits per heavy atom.